The van der Waals surface area contributed by atoms with Crippen LogP contribution in [0.1, 0.15) is 47.0 Å². The number of rotatable bonds is 4. The molecule has 2 aliphatic rings. The van der Waals surface area contributed by atoms with Crippen molar-refractivity contribution < 1.29 is 19.1 Å². The number of piperidine rings is 1. The van der Waals surface area contributed by atoms with Gasteiger partial charge in [-0.2, -0.15) is 0 Å². The van der Waals surface area contributed by atoms with Gasteiger partial charge in [0.2, 0.25) is 5.91 Å². The fourth-order valence-corrected chi connectivity index (χ4v) is 3.14. The molecule has 6 nitrogen and oxygen atoms in total. The second-order valence-corrected chi connectivity index (χ2v) is 7.65. The Balaban J connectivity index is 1.79. The molecular formula is C18H28N2O4. The molecule has 134 valence electrons. The van der Waals surface area contributed by atoms with Crippen LogP contribution in [0.3, 0.4) is 0 Å². The molecule has 6 heteroatoms. The van der Waals surface area contributed by atoms with Crippen LogP contribution in [0.2, 0.25) is 0 Å². The zero-order chi connectivity index (χ0) is 17.9. The Morgan fingerprint density at radius 2 is 1.96 bits per heavy atom. The van der Waals surface area contributed by atoms with E-state index in [-0.39, 0.29) is 35.7 Å². The maximum Gasteiger partial charge on any atom is 0.286 e. The van der Waals surface area contributed by atoms with Gasteiger partial charge in [0, 0.05) is 38.0 Å². The van der Waals surface area contributed by atoms with E-state index in [1.54, 1.807) is 13.8 Å². The van der Waals surface area contributed by atoms with Gasteiger partial charge in [0.1, 0.15) is 5.60 Å². The highest BCUT2D eigenvalue weighted by Crippen LogP contribution is 2.25. The van der Waals surface area contributed by atoms with Gasteiger partial charge in [0.05, 0.1) is 0 Å². The summed E-state index contributed by atoms with van der Waals surface area (Å²) in [4.78, 5) is 37.8. The SMILES string of the molecule is CC(C)C(=O)N1CCC(CNC(=O)C2=CC(=O)CC(C)(C)O2)CC1. The third-order valence-electron chi connectivity index (χ3n) is 4.47. The average molecular weight is 336 g/mol. The molecule has 1 fully saturated rings. The molecule has 0 aliphatic carbocycles. The van der Waals surface area contributed by atoms with Crippen molar-refractivity contribution in [2.24, 2.45) is 11.8 Å². The Labute approximate surface area is 143 Å². The van der Waals surface area contributed by atoms with E-state index >= 15 is 0 Å². The van der Waals surface area contributed by atoms with Gasteiger partial charge < -0.3 is 15.0 Å². The van der Waals surface area contributed by atoms with Gasteiger partial charge in [-0.1, -0.05) is 13.8 Å². The number of hydrogen-bond acceptors (Lipinski definition) is 4. The highest BCUT2D eigenvalue weighted by Gasteiger charge is 2.32. The summed E-state index contributed by atoms with van der Waals surface area (Å²) in [6.45, 7) is 9.44. The van der Waals surface area contributed by atoms with Crippen LogP contribution in [0.5, 0.6) is 0 Å². The number of ketones is 1. The second kappa shape index (κ2) is 7.36. The maximum absolute atomic E-state index is 12.2. The molecule has 1 saturated heterocycles. The van der Waals surface area contributed by atoms with Crippen LogP contribution < -0.4 is 5.32 Å². The lowest BCUT2D eigenvalue weighted by Gasteiger charge is -2.33. The Kier molecular flexibility index (Phi) is 5.67. The van der Waals surface area contributed by atoms with Gasteiger partial charge in [-0.15, -0.1) is 0 Å². The third kappa shape index (κ3) is 4.82. The van der Waals surface area contributed by atoms with Gasteiger partial charge in [0.15, 0.2) is 11.5 Å². The predicted octanol–water partition coefficient (Wildman–Crippen LogP) is 1.65. The number of allylic oxidation sites excluding steroid dienone is 1. The van der Waals surface area contributed by atoms with Gasteiger partial charge in [-0.25, -0.2) is 0 Å². The molecule has 2 heterocycles. The quantitative estimate of drug-likeness (QED) is 0.847. The fourth-order valence-electron chi connectivity index (χ4n) is 3.14. The number of carbonyl (C=O) groups is 3. The van der Waals surface area contributed by atoms with E-state index in [9.17, 15) is 14.4 Å². The highest BCUT2D eigenvalue weighted by molar-refractivity contribution is 6.01. The molecule has 1 N–H and O–H groups in total. The summed E-state index contributed by atoms with van der Waals surface area (Å²) < 4.78 is 5.60. The Hall–Kier alpha value is -1.85. The van der Waals surface area contributed by atoms with E-state index in [0.717, 1.165) is 25.9 Å². The third-order valence-corrected chi connectivity index (χ3v) is 4.47. The molecule has 0 bridgehead atoms. The molecule has 0 saturated carbocycles. The van der Waals surface area contributed by atoms with Crippen molar-refractivity contribution in [1.29, 1.82) is 0 Å². The first kappa shape index (κ1) is 18.5. The molecule has 0 atom stereocenters. The van der Waals surface area contributed by atoms with Crippen LogP contribution >= 0.6 is 0 Å². The number of nitrogens with zero attached hydrogens (tertiary/aromatic N) is 1. The Bertz CT molecular complexity index is 543. The summed E-state index contributed by atoms with van der Waals surface area (Å²) in [5, 5.41) is 2.86. The van der Waals surface area contributed by atoms with E-state index in [2.05, 4.69) is 5.32 Å². The molecule has 2 amide bonds. The zero-order valence-corrected chi connectivity index (χ0v) is 15.1. The van der Waals surface area contributed by atoms with Crippen molar-refractivity contribution in [3.8, 4) is 0 Å². The number of carbonyl (C=O) groups excluding carboxylic acids is 3. The molecule has 0 aromatic carbocycles. The highest BCUT2D eigenvalue weighted by atomic mass is 16.5. The summed E-state index contributed by atoms with van der Waals surface area (Å²) in [5.41, 5.74) is -0.638. The Morgan fingerprint density at radius 1 is 1.33 bits per heavy atom. The van der Waals surface area contributed by atoms with Crippen molar-refractivity contribution in [3.05, 3.63) is 11.8 Å². The van der Waals surface area contributed by atoms with Gasteiger partial charge in [-0.3, -0.25) is 14.4 Å². The first-order valence-corrected chi connectivity index (χ1v) is 8.68. The second-order valence-electron chi connectivity index (χ2n) is 7.65. The zero-order valence-electron chi connectivity index (χ0n) is 15.1. The normalized spacial score (nSPS) is 21.3. The molecule has 2 aliphatic heterocycles. The topological polar surface area (TPSA) is 75.7 Å². The number of hydrogen-bond donors (Lipinski definition) is 1. The van der Waals surface area contributed by atoms with Crippen LogP contribution in [0.4, 0.5) is 0 Å². The smallest absolute Gasteiger partial charge is 0.286 e. The largest absolute Gasteiger partial charge is 0.482 e. The van der Waals surface area contributed by atoms with Crippen LogP contribution in [-0.4, -0.2) is 47.7 Å². The van der Waals surface area contributed by atoms with Gasteiger partial charge >= 0.3 is 0 Å². The Morgan fingerprint density at radius 3 is 2.50 bits per heavy atom. The predicted molar refractivity (Wildman–Crippen MR) is 90.0 cm³/mol. The fraction of sp³-hybridized carbons (Fsp3) is 0.722. The maximum atomic E-state index is 12.2. The lowest BCUT2D eigenvalue weighted by molar-refractivity contribution is -0.136. The van der Waals surface area contributed by atoms with Crippen molar-refractivity contribution >= 4 is 17.6 Å². The number of ether oxygens (including phenoxy) is 1. The molecule has 0 spiro atoms. The average Bonchev–Trinajstić information content (AvgIpc) is 2.50. The van der Waals surface area contributed by atoms with E-state index in [4.69, 9.17) is 4.74 Å². The first-order valence-electron chi connectivity index (χ1n) is 8.68. The minimum Gasteiger partial charge on any atom is -0.482 e. The molecule has 2 rings (SSSR count). The van der Waals surface area contributed by atoms with Crippen LogP contribution in [0.25, 0.3) is 0 Å². The molecule has 0 aromatic rings. The van der Waals surface area contributed by atoms with E-state index in [1.165, 1.54) is 6.08 Å². The van der Waals surface area contributed by atoms with E-state index in [0.29, 0.717) is 12.5 Å². The lowest BCUT2D eigenvalue weighted by atomic mass is 9.95. The minimum absolute atomic E-state index is 0.0255. The number of nitrogens with one attached hydrogen (secondary N) is 1. The summed E-state index contributed by atoms with van der Waals surface area (Å²) in [7, 11) is 0. The van der Waals surface area contributed by atoms with E-state index in [1.807, 2.05) is 18.7 Å². The van der Waals surface area contributed by atoms with Crippen LogP contribution in [-0.2, 0) is 19.1 Å². The van der Waals surface area contributed by atoms with Crippen molar-refractivity contribution in [2.75, 3.05) is 19.6 Å². The summed E-state index contributed by atoms with van der Waals surface area (Å²) in [5.74, 6) is 0.243. The van der Waals surface area contributed by atoms with Crippen molar-refractivity contribution in [1.82, 2.24) is 10.2 Å². The summed E-state index contributed by atoms with van der Waals surface area (Å²) in [6, 6.07) is 0. The van der Waals surface area contributed by atoms with Crippen LogP contribution in [0.15, 0.2) is 11.8 Å². The van der Waals surface area contributed by atoms with E-state index < -0.39 is 5.60 Å². The summed E-state index contributed by atoms with van der Waals surface area (Å²) in [6.07, 6.45) is 3.32. The summed E-state index contributed by atoms with van der Waals surface area (Å²) >= 11 is 0. The van der Waals surface area contributed by atoms with Crippen LogP contribution in [0, 0.1) is 11.8 Å². The van der Waals surface area contributed by atoms with Gasteiger partial charge in [-0.05, 0) is 32.6 Å². The first-order chi connectivity index (χ1) is 11.2. The standard InChI is InChI=1S/C18H28N2O4/c1-12(2)17(23)20-7-5-13(6-8-20)11-19-16(22)15-9-14(21)10-18(3,4)24-15/h9,12-13H,5-8,10-11H2,1-4H3,(H,19,22). The molecule has 0 unspecified atom stereocenters. The van der Waals surface area contributed by atoms with Crippen molar-refractivity contribution in [2.45, 2.75) is 52.6 Å². The molecular weight excluding hydrogens is 308 g/mol. The van der Waals surface area contributed by atoms with Crippen molar-refractivity contribution in [3.63, 3.8) is 0 Å². The monoisotopic (exact) mass is 336 g/mol. The molecule has 0 radical (unpaired) electrons. The number of likely N-dealkylation sites (tertiary alicyclic amines) is 1. The lowest BCUT2D eigenvalue weighted by Crippen LogP contribution is -2.43. The van der Waals surface area contributed by atoms with Gasteiger partial charge in [0.25, 0.3) is 5.91 Å². The number of amides is 2. The minimum atomic E-state index is -0.638. The molecule has 0 aromatic heterocycles. The molecule has 24 heavy (non-hydrogen) atoms.